The van der Waals surface area contributed by atoms with E-state index in [9.17, 15) is 17.2 Å². The summed E-state index contributed by atoms with van der Waals surface area (Å²) in [5, 5.41) is 11.4. The molecule has 0 aliphatic heterocycles. The van der Waals surface area contributed by atoms with Gasteiger partial charge in [0.05, 0.1) is 11.4 Å². The molecule has 0 amide bonds. The standard InChI is InChI=1S/C15H16F2N6O2S/c1-9-13(10(2)23(20-9)15(16)17)26(24,25)21-12-6-4-5-11(7-12)14-19-18-8-22(14)3/h4-8,15,21H,1-3H3. The minimum Gasteiger partial charge on any atom is -0.317 e. The van der Waals surface area contributed by atoms with Crippen LogP contribution in [0.15, 0.2) is 35.5 Å². The van der Waals surface area contributed by atoms with Crippen LogP contribution < -0.4 is 4.72 Å². The van der Waals surface area contributed by atoms with Crippen molar-refractivity contribution < 1.29 is 17.2 Å². The molecule has 1 aromatic carbocycles. The average molecular weight is 382 g/mol. The number of alkyl halides is 2. The molecule has 8 nitrogen and oxygen atoms in total. The molecule has 3 rings (SSSR count). The first-order valence-electron chi connectivity index (χ1n) is 7.52. The second kappa shape index (κ2) is 6.48. The molecule has 0 radical (unpaired) electrons. The van der Waals surface area contributed by atoms with Gasteiger partial charge in [-0.1, -0.05) is 12.1 Å². The van der Waals surface area contributed by atoms with E-state index in [0.717, 1.165) is 0 Å². The summed E-state index contributed by atoms with van der Waals surface area (Å²) in [6.45, 7) is -0.260. The van der Waals surface area contributed by atoms with Gasteiger partial charge in [0.15, 0.2) is 5.82 Å². The van der Waals surface area contributed by atoms with Crippen molar-refractivity contribution in [3.05, 3.63) is 42.0 Å². The molecule has 0 spiro atoms. The molecule has 0 unspecified atom stereocenters. The molecule has 0 fully saturated rings. The molecule has 2 heterocycles. The summed E-state index contributed by atoms with van der Waals surface area (Å²) < 4.78 is 55.8. The number of anilines is 1. The molecule has 0 aliphatic carbocycles. The Morgan fingerprint density at radius 1 is 1.23 bits per heavy atom. The van der Waals surface area contributed by atoms with Gasteiger partial charge in [-0.3, -0.25) is 4.72 Å². The van der Waals surface area contributed by atoms with Crippen LogP contribution in [-0.2, 0) is 17.1 Å². The molecule has 0 aliphatic rings. The van der Waals surface area contributed by atoms with E-state index < -0.39 is 16.6 Å². The minimum absolute atomic E-state index is 0.000226. The number of hydrogen-bond acceptors (Lipinski definition) is 5. The first-order chi connectivity index (χ1) is 12.2. The van der Waals surface area contributed by atoms with Gasteiger partial charge in [-0.05, 0) is 26.0 Å². The van der Waals surface area contributed by atoms with Gasteiger partial charge in [0, 0.05) is 18.3 Å². The van der Waals surface area contributed by atoms with Crippen LogP contribution in [0.1, 0.15) is 17.9 Å². The lowest BCUT2D eigenvalue weighted by Crippen LogP contribution is -2.15. The number of nitrogens with zero attached hydrogens (tertiary/aromatic N) is 5. The SMILES string of the molecule is Cc1nn(C(F)F)c(C)c1S(=O)(=O)Nc1cccc(-c2nncn2C)c1. The van der Waals surface area contributed by atoms with Gasteiger partial charge < -0.3 is 4.57 Å². The lowest BCUT2D eigenvalue weighted by Gasteiger charge is -2.10. The van der Waals surface area contributed by atoms with Crippen LogP contribution in [0.2, 0.25) is 0 Å². The number of benzene rings is 1. The zero-order valence-corrected chi connectivity index (χ0v) is 15.0. The van der Waals surface area contributed by atoms with Crippen molar-refractivity contribution in [2.24, 2.45) is 7.05 Å². The van der Waals surface area contributed by atoms with Gasteiger partial charge in [0.1, 0.15) is 11.2 Å². The van der Waals surface area contributed by atoms with E-state index in [1.807, 2.05) is 0 Å². The van der Waals surface area contributed by atoms with Gasteiger partial charge in [0.25, 0.3) is 10.0 Å². The molecule has 0 bridgehead atoms. The zero-order valence-electron chi connectivity index (χ0n) is 14.2. The molecule has 0 saturated carbocycles. The Morgan fingerprint density at radius 3 is 2.54 bits per heavy atom. The minimum atomic E-state index is -4.09. The monoisotopic (exact) mass is 382 g/mol. The molecular weight excluding hydrogens is 366 g/mol. The highest BCUT2D eigenvalue weighted by atomic mass is 32.2. The van der Waals surface area contributed by atoms with Crippen LogP contribution in [0.5, 0.6) is 0 Å². The van der Waals surface area contributed by atoms with Gasteiger partial charge in [-0.2, -0.15) is 13.9 Å². The third-order valence-electron chi connectivity index (χ3n) is 3.80. The Balaban J connectivity index is 1.98. The Bertz CT molecular complexity index is 1060. The van der Waals surface area contributed by atoms with Crippen LogP contribution in [0, 0.1) is 13.8 Å². The number of aromatic nitrogens is 5. The molecule has 0 atom stereocenters. The van der Waals surface area contributed by atoms with E-state index in [2.05, 4.69) is 20.0 Å². The Morgan fingerprint density at radius 2 is 1.96 bits per heavy atom. The predicted octanol–water partition coefficient (Wildman–Crippen LogP) is 2.49. The maximum Gasteiger partial charge on any atom is 0.333 e. The summed E-state index contributed by atoms with van der Waals surface area (Å²) in [6, 6.07) is 6.56. The Hall–Kier alpha value is -2.82. The molecule has 3 aromatic rings. The first-order valence-corrected chi connectivity index (χ1v) is 9.00. The summed E-state index contributed by atoms with van der Waals surface area (Å²) in [5.41, 5.74) is 0.797. The Kier molecular flexibility index (Phi) is 4.48. The smallest absolute Gasteiger partial charge is 0.317 e. The number of aryl methyl sites for hydroxylation is 2. The van der Waals surface area contributed by atoms with E-state index in [4.69, 9.17) is 0 Å². The van der Waals surface area contributed by atoms with Crippen LogP contribution in [0.3, 0.4) is 0 Å². The van der Waals surface area contributed by atoms with Crippen molar-refractivity contribution in [3.63, 3.8) is 0 Å². The van der Waals surface area contributed by atoms with Crippen LogP contribution in [0.25, 0.3) is 11.4 Å². The topological polar surface area (TPSA) is 94.7 Å². The van der Waals surface area contributed by atoms with Crippen LogP contribution in [0.4, 0.5) is 14.5 Å². The molecule has 1 N–H and O–H groups in total. The maximum absolute atomic E-state index is 13.0. The third-order valence-corrected chi connectivity index (χ3v) is 5.43. The highest BCUT2D eigenvalue weighted by Gasteiger charge is 2.27. The molecule has 138 valence electrons. The molecule has 26 heavy (non-hydrogen) atoms. The van der Waals surface area contributed by atoms with Crippen molar-refractivity contribution in [1.29, 1.82) is 0 Å². The molecular formula is C15H16F2N6O2S. The first kappa shape index (κ1) is 18.0. The van der Waals surface area contributed by atoms with Crippen molar-refractivity contribution in [1.82, 2.24) is 24.5 Å². The lowest BCUT2D eigenvalue weighted by molar-refractivity contribution is 0.0538. The normalized spacial score (nSPS) is 11.9. The summed E-state index contributed by atoms with van der Waals surface area (Å²) in [7, 11) is -2.33. The number of rotatable bonds is 5. The van der Waals surface area contributed by atoms with E-state index in [1.165, 1.54) is 20.2 Å². The summed E-state index contributed by atoms with van der Waals surface area (Å²) in [4.78, 5) is -0.262. The number of sulfonamides is 1. The largest absolute Gasteiger partial charge is 0.333 e. The van der Waals surface area contributed by atoms with E-state index in [1.54, 1.807) is 35.9 Å². The third kappa shape index (κ3) is 3.17. The van der Waals surface area contributed by atoms with Crippen LogP contribution in [-0.4, -0.2) is 33.0 Å². The fraction of sp³-hybridized carbons (Fsp3) is 0.267. The molecule has 2 aromatic heterocycles. The van der Waals surface area contributed by atoms with E-state index >= 15 is 0 Å². The highest BCUT2D eigenvalue weighted by molar-refractivity contribution is 7.92. The van der Waals surface area contributed by atoms with Gasteiger partial charge in [0.2, 0.25) is 0 Å². The van der Waals surface area contributed by atoms with Crippen molar-refractivity contribution >= 4 is 15.7 Å². The summed E-state index contributed by atoms with van der Waals surface area (Å²) >= 11 is 0. The quantitative estimate of drug-likeness (QED) is 0.732. The summed E-state index contributed by atoms with van der Waals surface area (Å²) in [6.07, 6.45) is 1.53. The number of hydrogen-bond donors (Lipinski definition) is 1. The Labute approximate surface area is 148 Å². The zero-order chi connectivity index (χ0) is 19.1. The maximum atomic E-state index is 13.0. The van der Waals surface area contributed by atoms with Crippen molar-refractivity contribution in [2.45, 2.75) is 25.3 Å². The molecule has 11 heteroatoms. The van der Waals surface area contributed by atoms with E-state index in [0.29, 0.717) is 16.1 Å². The number of nitrogens with one attached hydrogen (secondary N) is 1. The fourth-order valence-electron chi connectivity index (χ4n) is 2.70. The van der Waals surface area contributed by atoms with Crippen molar-refractivity contribution in [3.8, 4) is 11.4 Å². The molecule has 0 saturated heterocycles. The average Bonchev–Trinajstić information content (AvgIpc) is 3.10. The van der Waals surface area contributed by atoms with Gasteiger partial charge in [-0.15, -0.1) is 10.2 Å². The van der Waals surface area contributed by atoms with E-state index in [-0.39, 0.29) is 22.0 Å². The second-order valence-electron chi connectivity index (χ2n) is 5.67. The fourth-order valence-corrected chi connectivity index (χ4v) is 4.15. The lowest BCUT2D eigenvalue weighted by atomic mass is 10.2. The predicted molar refractivity (Wildman–Crippen MR) is 90.2 cm³/mol. The number of halogens is 2. The van der Waals surface area contributed by atoms with Crippen molar-refractivity contribution in [2.75, 3.05) is 4.72 Å². The van der Waals surface area contributed by atoms with Gasteiger partial charge >= 0.3 is 6.55 Å². The second-order valence-corrected chi connectivity index (χ2v) is 7.29. The van der Waals surface area contributed by atoms with Crippen LogP contribution >= 0.6 is 0 Å². The highest BCUT2D eigenvalue weighted by Crippen LogP contribution is 2.27. The van der Waals surface area contributed by atoms with Gasteiger partial charge in [-0.25, -0.2) is 13.1 Å². The summed E-state index contributed by atoms with van der Waals surface area (Å²) in [5.74, 6) is 0.559.